The topological polar surface area (TPSA) is 23.5 Å². The van der Waals surface area contributed by atoms with Crippen molar-refractivity contribution in [1.82, 2.24) is 4.90 Å². The van der Waals surface area contributed by atoms with Crippen molar-refractivity contribution in [1.29, 1.82) is 0 Å². The molecule has 3 heteroatoms. The lowest BCUT2D eigenvalue weighted by atomic mass is 10.1. The fourth-order valence-corrected chi connectivity index (χ4v) is 1.78. The molecule has 78 valence electrons. The van der Waals surface area contributed by atoms with Crippen LogP contribution in [0.3, 0.4) is 0 Å². The van der Waals surface area contributed by atoms with E-state index in [0.717, 1.165) is 11.6 Å². The average molecular weight is 214 g/mol. The van der Waals surface area contributed by atoms with Crippen LogP contribution < -0.4 is 0 Å². The van der Waals surface area contributed by atoms with E-state index in [1.165, 1.54) is 11.1 Å². The summed E-state index contributed by atoms with van der Waals surface area (Å²) in [5.74, 6) is 0. The number of halogens is 1. The average Bonchev–Trinajstić information content (AvgIpc) is 2.01. The highest BCUT2D eigenvalue weighted by Crippen LogP contribution is 2.15. The number of aliphatic hydroxyl groups is 1. The molecular formula is C11H16ClNO. The second kappa shape index (κ2) is 5.35. The molecule has 0 unspecified atom stereocenters. The van der Waals surface area contributed by atoms with Crippen molar-refractivity contribution in [3.05, 3.63) is 34.3 Å². The molecule has 2 nitrogen and oxygen atoms in total. The van der Waals surface area contributed by atoms with E-state index in [2.05, 4.69) is 11.0 Å². The number of nitrogens with zero attached hydrogens (tertiary/aromatic N) is 1. The van der Waals surface area contributed by atoms with Crippen LogP contribution in [0.15, 0.2) is 18.2 Å². The Kier molecular flexibility index (Phi) is 4.39. The number of hydrogen-bond donors (Lipinski definition) is 1. The van der Waals surface area contributed by atoms with Crippen LogP contribution in [0.1, 0.15) is 11.1 Å². The van der Waals surface area contributed by atoms with Gasteiger partial charge in [-0.2, -0.15) is 0 Å². The second-order valence-corrected chi connectivity index (χ2v) is 4.03. The van der Waals surface area contributed by atoms with Gasteiger partial charge in [0, 0.05) is 18.1 Å². The second-order valence-electron chi connectivity index (χ2n) is 3.60. The highest BCUT2D eigenvalue weighted by molar-refractivity contribution is 6.30. The largest absolute Gasteiger partial charge is 0.395 e. The maximum atomic E-state index is 8.76. The van der Waals surface area contributed by atoms with Crippen LogP contribution in [0, 0.1) is 6.92 Å². The molecule has 1 aromatic rings. The zero-order valence-electron chi connectivity index (χ0n) is 8.63. The fourth-order valence-electron chi connectivity index (χ4n) is 1.46. The third-order valence-electron chi connectivity index (χ3n) is 2.04. The number of aliphatic hydroxyl groups excluding tert-OH is 1. The Morgan fingerprint density at radius 1 is 1.36 bits per heavy atom. The van der Waals surface area contributed by atoms with Crippen molar-refractivity contribution in [2.45, 2.75) is 13.5 Å². The van der Waals surface area contributed by atoms with Gasteiger partial charge in [0.15, 0.2) is 0 Å². The van der Waals surface area contributed by atoms with Gasteiger partial charge in [-0.05, 0) is 37.2 Å². The van der Waals surface area contributed by atoms with E-state index in [1.807, 2.05) is 26.1 Å². The van der Waals surface area contributed by atoms with Gasteiger partial charge in [0.25, 0.3) is 0 Å². The lowest BCUT2D eigenvalue weighted by Gasteiger charge is -2.15. The van der Waals surface area contributed by atoms with Crippen LogP contribution in [-0.2, 0) is 6.54 Å². The molecule has 14 heavy (non-hydrogen) atoms. The monoisotopic (exact) mass is 213 g/mol. The molecular weight excluding hydrogens is 198 g/mol. The van der Waals surface area contributed by atoms with Gasteiger partial charge < -0.3 is 5.11 Å². The van der Waals surface area contributed by atoms with Crippen LogP contribution in [0.4, 0.5) is 0 Å². The van der Waals surface area contributed by atoms with Crippen LogP contribution in [0.2, 0.25) is 5.02 Å². The van der Waals surface area contributed by atoms with Gasteiger partial charge in [0.1, 0.15) is 0 Å². The molecule has 1 rings (SSSR count). The summed E-state index contributed by atoms with van der Waals surface area (Å²) in [4.78, 5) is 2.06. The molecule has 0 aliphatic heterocycles. The maximum absolute atomic E-state index is 8.76. The number of aryl methyl sites for hydroxylation is 1. The van der Waals surface area contributed by atoms with E-state index < -0.39 is 0 Å². The standard InChI is InChI=1S/C11H16ClNO/c1-9-5-10(7-11(12)6-9)8-13(2)3-4-14/h5-7,14H,3-4,8H2,1-2H3. The third-order valence-corrected chi connectivity index (χ3v) is 2.25. The molecule has 0 atom stereocenters. The molecule has 0 fully saturated rings. The molecule has 0 saturated heterocycles. The fraction of sp³-hybridized carbons (Fsp3) is 0.455. The minimum atomic E-state index is 0.191. The van der Waals surface area contributed by atoms with Crippen molar-refractivity contribution < 1.29 is 5.11 Å². The van der Waals surface area contributed by atoms with Crippen LogP contribution in [0.5, 0.6) is 0 Å². The third kappa shape index (κ3) is 3.66. The van der Waals surface area contributed by atoms with Crippen molar-refractivity contribution in [3.8, 4) is 0 Å². The molecule has 1 aromatic carbocycles. The molecule has 0 spiro atoms. The summed E-state index contributed by atoms with van der Waals surface area (Å²) in [7, 11) is 1.98. The smallest absolute Gasteiger partial charge is 0.0558 e. The molecule has 0 radical (unpaired) electrons. The predicted molar refractivity (Wildman–Crippen MR) is 59.6 cm³/mol. The van der Waals surface area contributed by atoms with Crippen LogP contribution in [0.25, 0.3) is 0 Å². The quantitative estimate of drug-likeness (QED) is 0.828. The van der Waals surface area contributed by atoms with Gasteiger partial charge in [0.2, 0.25) is 0 Å². The Hall–Kier alpha value is -0.570. The van der Waals surface area contributed by atoms with E-state index in [9.17, 15) is 0 Å². The predicted octanol–water partition coefficient (Wildman–Crippen LogP) is 2.07. The highest BCUT2D eigenvalue weighted by atomic mass is 35.5. The van der Waals surface area contributed by atoms with Crippen molar-refractivity contribution in [2.24, 2.45) is 0 Å². The minimum Gasteiger partial charge on any atom is -0.395 e. The summed E-state index contributed by atoms with van der Waals surface area (Å²) < 4.78 is 0. The van der Waals surface area contributed by atoms with E-state index in [0.29, 0.717) is 6.54 Å². The molecule has 0 saturated carbocycles. The number of rotatable bonds is 4. The first-order chi connectivity index (χ1) is 6.61. The van der Waals surface area contributed by atoms with Gasteiger partial charge in [-0.15, -0.1) is 0 Å². The van der Waals surface area contributed by atoms with Crippen LogP contribution >= 0.6 is 11.6 Å². The van der Waals surface area contributed by atoms with Gasteiger partial charge in [0.05, 0.1) is 6.61 Å². The van der Waals surface area contributed by atoms with Gasteiger partial charge >= 0.3 is 0 Å². The van der Waals surface area contributed by atoms with Crippen molar-refractivity contribution in [2.75, 3.05) is 20.2 Å². The molecule has 0 amide bonds. The summed E-state index contributed by atoms with van der Waals surface area (Å²) in [5.41, 5.74) is 2.36. The summed E-state index contributed by atoms with van der Waals surface area (Å²) >= 11 is 5.94. The number of likely N-dealkylation sites (N-methyl/N-ethyl adjacent to an activating group) is 1. The van der Waals surface area contributed by atoms with Gasteiger partial charge in [-0.3, -0.25) is 4.90 Å². The lowest BCUT2D eigenvalue weighted by molar-refractivity contribution is 0.217. The highest BCUT2D eigenvalue weighted by Gasteiger charge is 2.01. The maximum Gasteiger partial charge on any atom is 0.0558 e. The van der Waals surface area contributed by atoms with Gasteiger partial charge in [-0.1, -0.05) is 17.7 Å². The Labute approximate surface area is 90.1 Å². The molecule has 0 aromatic heterocycles. The molecule has 0 heterocycles. The Balaban J connectivity index is 2.66. The molecule has 0 bridgehead atoms. The van der Waals surface area contributed by atoms with Crippen molar-refractivity contribution in [3.63, 3.8) is 0 Å². The first-order valence-corrected chi connectivity index (χ1v) is 5.05. The first kappa shape index (κ1) is 11.5. The Morgan fingerprint density at radius 2 is 2.07 bits per heavy atom. The lowest BCUT2D eigenvalue weighted by Crippen LogP contribution is -2.21. The van der Waals surface area contributed by atoms with Crippen molar-refractivity contribution >= 4 is 11.6 Å². The zero-order valence-corrected chi connectivity index (χ0v) is 9.38. The summed E-state index contributed by atoms with van der Waals surface area (Å²) in [5, 5.41) is 9.53. The Bertz CT molecular complexity index is 281. The summed E-state index contributed by atoms with van der Waals surface area (Å²) in [6.45, 7) is 3.73. The normalized spacial score (nSPS) is 10.9. The SMILES string of the molecule is Cc1cc(Cl)cc(CN(C)CCO)c1. The van der Waals surface area contributed by atoms with Gasteiger partial charge in [-0.25, -0.2) is 0 Å². The Morgan fingerprint density at radius 3 is 2.64 bits per heavy atom. The molecule has 1 N–H and O–H groups in total. The summed E-state index contributed by atoms with van der Waals surface area (Å²) in [6, 6.07) is 6.01. The zero-order chi connectivity index (χ0) is 10.6. The van der Waals surface area contributed by atoms with E-state index in [4.69, 9.17) is 16.7 Å². The first-order valence-electron chi connectivity index (χ1n) is 4.67. The molecule has 0 aliphatic carbocycles. The van der Waals surface area contributed by atoms with E-state index in [1.54, 1.807) is 0 Å². The molecule has 0 aliphatic rings. The van der Waals surface area contributed by atoms with Crippen LogP contribution in [-0.4, -0.2) is 30.2 Å². The van der Waals surface area contributed by atoms with E-state index in [-0.39, 0.29) is 6.61 Å². The number of benzene rings is 1. The number of hydrogen-bond acceptors (Lipinski definition) is 2. The summed E-state index contributed by atoms with van der Waals surface area (Å²) in [6.07, 6.45) is 0. The van der Waals surface area contributed by atoms with E-state index >= 15 is 0 Å². The minimum absolute atomic E-state index is 0.191.